The summed E-state index contributed by atoms with van der Waals surface area (Å²) in [7, 11) is 1.39. The Labute approximate surface area is 154 Å². The fourth-order valence-corrected chi connectivity index (χ4v) is 3.71. The molecule has 0 unspecified atom stereocenters. The van der Waals surface area contributed by atoms with Crippen LogP contribution in [0.5, 0.6) is 0 Å². The highest BCUT2D eigenvalue weighted by Gasteiger charge is 2.32. The van der Waals surface area contributed by atoms with Crippen molar-refractivity contribution in [1.29, 1.82) is 0 Å². The van der Waals surface area contributed by atoms with Crippen LogP contribution in [0, 0.1) is 19.8 Å². The molecule has 0 atom stereocenters. The molecule has 0 spiro atoms. The monoisotopic (exact) mass is 364 g/mol. The minimum atomic E-state index is -0.404. The van der Waals surface area contributed by atoms with Crippen LogP contribution >= 0.6 is 0 Å². The van der Waals surface area contributed by atoms with Gasteiger partial charge in [-0.25, -0.2) is 4.79 Å². The zero-order chi connectivity index (χ0) is 19.4. The van der Waals surface area contributed by atoms with Gasteiger partial charge in [-0.05, 0) is 46.1 Å². The van der Waals surface area contributed by atoms with Crippen molar-refractivity contribution in [3.63, 3.8) is 0 Å². The van der Waals surface area contributed by atoms with Gasteiger partial charge in [-0.2, -0.15) is 0 Å². The molecular weight excluding hydrogens is 336 g/mol. The summed E-state index contributed by atoms with van der Waals surface area (Å²) >= 11 is 0. The molecule has 1 aliphatic heterocycles. The van der Waals surface area contributed by atoms with E-state index in [2.05, 4.69) is 0 Å². The number of esters is 2. The predicted molar refractivity (Wildman–Crippen MR) is 96.2 cm³/mol. The normalized spacial score (nSPS) is 15.0. The molecule has 0 radical (unpaired) electrons. The first-order valence-corrected chi connectivity index (χ1v) is 9.11. The van der Waals surface area contributed by atoms with E-state index in [0.29, 0.717) is 49.3 Å². The second-order valence-corrected chi connectivity index (χ2v) is 6.49. The van der Waals surface area contributed by atoms with Crippen LogP contribution in [0.1, 0.15) is 58.8 Å². The maximum atomic E-state index is 13.1. The molecule has 0 aromatic carbocycles. The number of methoxy groups -OCH3 is 1. The lowest BCUT2D eigenvalue weighted by Gasteiger charge is -2.31. The number of hydrogen-bond acceptors (Lipinski definition) is 5. The number of carbonyl (C=O) groups excluding carboxylic acids is 3. The Hall–Kier alpha value is -2.31. The SMILES string of the molecule is CCOC(=O)c1c(C)c(C(=O)N2CCC(C(=O)OC)CC2)c(C)n1CC. The number of nitrogens with zero attached hydrogens (tertiary/aromatic N) is 2. The van der Waals surface area contributed by atoms with Crippen LogP contribution < -0.4 is 0 Å². The van der Waals surface area contributed by atoms with Crippen molar-refractivity contribution in [2.24, 2.45) is 5.92 Å². The van der Waals surface area contributed by atoms with Crippen molar-refractivity contribution in [3.05, 3.63) is 22.5 Å². The van der Waals surface area contributed by atoms with Gasteiger partial charge in [-0.3, -0.25) is 9.59 Å². The average molecular weight is 364 g/mol. The zero-order valence-electron chi connectivity index (χ0n) is 16.3. The smallest absolute Gasteiger partial charge is 0.355 e. The summed E-state index contributed by atoms with van der Waals surface area (Å²) in [6, 6.07) is 0. The van der Waals surface area contributed by atoms with Crippen LogP contribution in [0.4, 0.5) is 0 Å². The third kappa shape index (κ3) is 3.61. The highest BCUT2D eigenvalue weighted by molar-refractivity contribution is 6.01. The summed E-state index contributed by atoms with van der Waals surface area (Å²) in [5.41, 5.74) is 2.43. The lowest BCUT2D eigenvalue weighted by molar-refractivity contribution is -0.146. The van der Waals surface area contributed by atoms with Crippen molar-refractivity contribution in [2.75, 3.05) is 26.8 Å². The van der Waals surface area contributed by atoms with E-state index in [4.69, 9.17) is 9.47 Å². The Kier molecular flexibility index (Phi) is 6.45. The minimum absolute atomic E-state index is 0.0962. The average Bonchev–Trinajstić information content (AvgIpc) is 2.90. The Bertz CT molecular complexity index is 699. The highest BCUT2D eigenvalue weighted by atomic mass is 16.5. The second-order valence-electron chi connectivity index (χ2n) is 6.49. The summed E-state index contributed by atoms with van der Waals surface area (Å²) < 4.78 is 11.8. The predicted octanol–water partition coefficient (Wildman–Crippen LogP) is 2.33. The third-order valence-corrected chi connectivity index (χ3v) is 5.08. The highest BCUT2D eigenvalue weighted by Crippen LogP contribution is 2.27. The summed E-state index contributed by atoms with van der Waals surface area (Å²) in [6.45, 7) is 9.22. The summed E-state index contributed by atoms with van der Waals surface area (Å²) in [5.74, 6) is -0.868. The minimum Gasteiger partial charge on any atom is -0.469 e. The molecule has 144 valence electrons. The number of piperidine rings is 1. The molecule has 1 aromatic rings. The Morgan fingerprint density at radius 1 is 1.12 bits per heavy atom. The molecule has 1 amide bonds. The van der Waals surface area contributed by atoms with Gasteiger partial charge in [0.2, 0.25) is 0 Å². The number of rotatable bonds is 5. The largest absolute Gasteiger partial charge is 0.469 e. The molecule has 2 heterocycles. The molecule has 1 saturated heterocycles. The van der Waals surface area contributed by atoms with E-state index in [1.54, 1.807) is 18.7 Å². The van der Waals surface area contributed by atoms with Crippen molar-refractivity contribution >= 4 is 17.8 Å². The molecule has 26 heavy (non-hydrogen) atoms. The maximum Gasteiger partial charge on any atom is 0.355 e. The Morgan fingerprint density at radius 2 is 1.73 bits per heavy atom. The molecule has 0 aliphatic carbocycles. The van der Waals surface area contributed by atoms with Gasteiger partial charge in [0.1, 0.15) is 5.69 Å². The van der Waals surface area contributed by atoms with Crippen LogP contribution in [0.25, 0.3) is 0 Å². The molecule has 2 rings (SSSR count). The number of aromatic nitrogens is 1. The van der Waals surface area contributed by atoms with Crippen molar-refractivity contribution in [3.8, 4) is 0 Å². The van der Waals surface area contributed by atoms with E-state index in [1.165, 1.54) is 7.11 Å². The maximum absolute atomic E-state index is 13.1. The molecule has 1 aliphatic rings. The molecule has 0 saturated carbocycles. The summed E-state index contributed by atoms with van der Waals surface area (Å²) in [6.07, 6.45) is 1.19. The molecule has 7 heteroatoms. The van der Waals surface area contributed by atoms with Gasteiger partial charge in [0.05, 0.1) is 25.2 Å². The number of hydrogen-bond donors (Lipinski definition) is 0. The van der Waals surface area contributed by atoms with Gasteiger partial charge in [-0.1, -0.05) is 0 Å². The van der Waals surface area contributed by atoms with Crippen molar-refractivity contribution < 1.29 is 23.9 Å². The van der Waals surface area contributed by atoms with Crippen LogP contribution in [0.2, 0.25) is 0 Å². The van der Waals surface area contributed by atoms with Gasteiger partial charge in [0.25, 0.3) is 5.91 Å². The molecular formula is C19H28N2O5. The summed E-state index contributed by atoms with van der Waals surface area (Å²) in [5, 5.41) is 0. The molecule has 1 aromatic heterocycles. The Morgan fingerprint density at radius 3 is 2.23 bits per heavy atom. The summed E-state index contributed by atoms with van der Waals surface area (Å²) in [4.78, 5) is 38.9. The third-order valence-electron chi connectivity index (χ3n) is 5.08. The van der Waals surface area contributed by atoms with E-state index < -0.39 is 5.97 Å². The van der Waals surface area contributed by atoms with E-state index in [0.717, 1.165) is 5.69 Å². The first-order valence-electron chi connectivity index (χ1n) is 9.11. The van der Waals surface area contributed by atoms with Gasteiger partial charge in [0.15, 0.2) is 0 Å². The lowest BCUT2D eigenvalue weighted by Crippen LogP contribution is -2.40. The number of amides is 1. The number of carbonyl (C=O) groups is 3. The van der Waals surface area contributed by atoms with E-state index in [9.17, 15) is 14.4 Å². The first-order chi connectivity index (χ1) is 12.4. The quantitative estimate of drug-likeness (QED) is 0.750. The zero-order valence-corrected chi connectivity index (χ0v) is 16.3. The number of likely N-dealkylation sites (tertiary alicyclic amines) is 1. The van der Waals surface area contributed by atoms with E-state index in [1.807, 2.05) is 18.4 Å². The van der Waals surface area contributed by atoms with Gasteiger partial charge in [-0.15, -0.1) is 0 Å². The molecule has 1 fully saturated rings. The fraction of sp³-hybridized carbons (Fsp3) is 0.632. The molecule has 0 N–H and O–H groups in total. The Balaban J connectivity index is 2.27. The van der Waals surface area contributed by atoms with E-state index in [-0.39, 0.29) is 24.4 Å². The van der Waals surface area contributed by atoms with Gasteiger partial charge >= 0.3 is 11.9 Å². The molecule has 7 nitrogen and oxygen atoms in total. The van der Waals surface area contributed by atoms with Crippen LogP contribution in [-0.4, -0.2) is 54.1 Å². The fourth-order valence-electron chi connectivity index (χ4n) is 3.71. The topological polar surface area (TPSA) is 77.8 Å². The second kappa shape index (κ2) is 8.38. The van der Waals surface area contributed by atoms with Gasteiger partial charge < -0.3 is 18.9 Å². The lowest BCUT2D eigenvalue weighted by atomic mass is 9.96. The van der Waals surface area contributed by atoms with Gasteiger partial charge in [0, 0.05) is 25.3 Å². The number of ether oxygens (including phenoxy) is 2. The van der Waals surface area contributed by atoms with Crippen molar-refractivity contribution in [2.45, 2.75) is 47.1 Å². The van der Waals surface area contributed by atoms with Crippen LogP contribution in [0.15, 0.2) is 0 Å². The molecule has 0 bridgehead atoms. The first kappa shape index (κ1) is 20.0. The van der Waals surface area contributed by atoms with E-state index >= 15 is 0 Å². The van der Waals surface area contributed by atoms with Crippen molar-refractivity contribution in [1.82, 2.24) is 9.47 Å². The van der Waals surface area contributed by atoms with Crippen LogP contribution in [0.3, 0.4) is 0 Å². The standard InChI is InChI=1S/C19H28N2O5/c1-6-21-13(4)15(12(3)16(21)19(24)26-7-2)17(22)20-10-8-14(9-11-20)18(23)25-5/h14H,6-11H2,1-5H3. The van der Waals surface area contributed by atoms with Crippen LogP contribution in [-0.2, 0) is 20.8 Å².